The van der Waals surface area contributed by atoms with Crippen molar-refractivity contribution < 1.29 is 10.2 Å². The topological polar surface area (TPSA) is 40.5 Å². The van der Waals surface area contributed by atoms with E-state index in [9.17, 15) is 5.11 Å². The summed E-state index contributed by atoms with van der Waals surface area (Å²) in [7, 11) is 0. The van der Waals surface area contributed by atoms with Crippen LogP contribution in [0.5, 0.6) is 0 Å². The second-order valence-electron chi connectivity index (χ2n) is 2.66. The smallest absolute Gasteiger partial charge is 0.0540 e. The Morgan fingerprint density at radius 3 is 2.27 bits per heavy atom. The summed E-state index contributed by atoms with van der Waals surface area (Å²) in [6.45, 7) is 2.31. The van der Waals surface area contributed by atoms with Crippen LogP contribution in [-0.2, 0) is 0 Å². The molecule has 0 saturated carbocycles. The highest BCUT2D eigenvalue weighted by atomic mass is 35.5. The number of halogens is 1. The van der Waals surface area contributed by atoms with Gasteiger partial charge in [0.1, 0.15) is 0 Å². The SMILES string of the molecule is CCCC(O)CCCCO.Cl. The second-order valence-corrected chi connectivity index (χ2v) is 2.66. The molecular weight excluding hydrogens is 164 g/mol. The first-order chi connectivity index (χ1) is 4.81. The summed E-state index contributed by atoms with van der Waals surface area (Å²) in [6.07, 6.45) is 4.40. The molecule has 0 aliphatic carbocycles. The molecule has 0 aromatic heterocycles. The quantitative estimate of drug-likeness (QED) is 0.615. The molecule has 1 atom stereocenters. The monoisotopic (exact) mass is 182 g/mol. The first-order valence-electron chi connectivity index (χ1n) is 4.10. The van der Waals surface area contributed by atoms with Crippen molar-refractivity contribution in [1.82, 2.24) is 0 Å². The molecule has 0 bridgehead atoms. The van der Waals surface area contributed by atoms with Crippen LogP contribution in [0.15, 0.2) is 0 Å². The van der Waals surface area contributed by atoms with Crippen LogP contribution in [0.1, 0.15) is 39.0 Å². The molecule has 0 rings (SSSR count). The minimum atomic E-state index is -0.142. The third kappa shape index (κ3) is 10.2. The van der Waals surface area contributed by atoms with Gasteiger partial charge in [-0.25, -0.2) is 0 Å². The first-order valence-corrected chi connectivity index (χ1v) is 4.10. The maximum atomic E-state index is 9.19. The van der Waals surface area contributed by atoms with Crippen LogP contribution >= 0.6 is 12.4 Å². The van der Waals surface area contributed by atoms with E-state index in [0.29, 0.717) is 0 Å². The lowest BCUT2D eigenvalue weighted by Gasteiger charge is -2.06. The molecule has 1 unspecified atom stereocenters. The number of unbranched alkanes of at least 4 members (excludes halogenated alkanes) is 1. The van der Waals surface area contributed by atoms with Crippen LogP contribution in [0.4, 0.5) is 0 Å². The average molecular weight is 183 g/mol. The normalized spacial score (nSPS) is 12.3. The van der Waals surface area contributed by atoms with E-state index in [4.69, 9.17) is 5.11 Å². The molecule has 0 aromatic rings. The van der Waals surface area contributed by atoms with E-state index in [-0.39, 0.29) is 25.1 Å². The molecule has 2 N–H and O–H groups in total. The van der Waals surface area contributed by atoms with Crippen LogP contribution in [0.25, 0.3) is 0 Å². The molecule has 0 aliphatic heterocycles. The summed E-state index contributed by atoms with van der Waals surface area (Å²) >= 11 is 0. The Balaban J connectivity index is 0. The van der Waals surface area contributed by atoms with Crippen LogP contribution < -0.4 is 0 Å². The number of hydrogen-bond acceptors (Lipinski definition) is 2. The number of hydrogen-bond donors (Lipinski definition) is 2. The molecule has 0 saturated heterocycles. The van der Waals surface area contributed by atoms with Gasteiger partial charge >= 0.3 is 0 Å². The second kappa shape index (κ2) is 10.2. The van der Waals surface area contributed by atoms with Crippen LogP contribution in [0.3, 0.4) is 0 Å². The molecular formula is C8H19ClO2. The predicted molar refractivity (Wildman–Crippen MR) is 49.1 cm³/mol. The highest BCUT2D eigenvalue weighted by Crippen LogP contribution is 2.05. The van der Waals surface area contributed by atoms with Gasteiger partial charge in [-0.05, 0) is 25.7 Å². The van der Waals surface area contributed by atoms with E-state index in [1.807, 2.05) is 0 Å². The molecule has 0 radical (unpaired) electrons. The highest BCUT2D eigenvalue weighted by Gasteiger charge is 2.00. The fourth-order valence-corrected chi connectivity index (χ4v) is 0.969. The third-order valence-corrected chi connectivity index (χ3v) is 1.57. The number of rotatable bonds is 6. The Bertz CT molecular complexity index is 69.1. The summed E-state index contributed by atoms with van der Waals surface area (Å²) in [5.74, 6) is 0. The van der Waals surface area contributed by atoms with Gasteiger partial charge in [-0.15, -0.1) is 12.4 Å². The van der Waals surface area contributed by atoms with Gasteiger partial charge in [0.25, 0.3) is 0 Å². The summed E-state index contributed by atoms with van der Waals surface area (Å²) in [5.41, 5.74) is 0. The van der Waals surface area contributed by atoms with Crippen molar-refractivity contribution in [3.05, 3.63) is 0 Å². The standard InChI is InChI=1S/C8H18O2.ClH/c1-2-5-8(10)6-3-4-7-9;/h8-10H,2-7H2,1H3;1H. The molecule has 11 heavy (non-hydrogen) atoms. The molecule has 0 amide bonds. The van der Waals surface area contributed by atoms with Gasteiger partial charge in [-0.2, -0.15) is 0 Å². The molecule has 0 spiro atoms. The average Bonchev–Trinajstić information content (AvgIpc) is 1.89. The van der Waals surface area contributed by atoms with Gasteiger partial charge in [0.15, 0.2) is 0 Å². The Hall–Kier alpha value is 0.210. The van der Waals surface area contributed by atoms with Crippen molar-refractivity contribution in [2.24, 2.45) is 0 Å². The maximum absolute atomic E-state index is 9.19. The van der Waals surface area contributed by atoms with Crippen molar-refractivity contribution in [2.45, 2.75) is 45.1 Å². The molecule has 0 aromatic carbocycles. The van der Waals surface area contributed by atoms with Crippen molar-refractivity contribution in [3.8, 4) is 0 Å². The zero-order chi connectivity index (χ0) is 7.82. The third-order valence-electron chi connectivity index (χ3n) is 1.57. The minimum absolute atomic E-state index is 0. The first kappa shape index (κ1) is 13.8. The molecule has 2 nitrogen and oxygen atoms in total. The molecule has 70 valence electrons. The Labute approximate surface area is 75.0 Å². The summed E-state index contributed by atoms with van der Waals surface area (Å²) in [6, 6.07) is 0. The van der Waals surface area contributed by atoms with E-state index in [1.54, 1.807) is 0 Å². The minimum Gasteiger partial charge on any atom is -0.396 e. The molecule has 0 heterocycles. The fourth-order valence-electron chi connectivity index (χ4n) is 0.969. The van der Waals surface area contributed by atoms with Gasteiger partial charge in [-0.1, -0.05) is 13.3 Å². The lowest BCUT2D eigenvalue weighted by molar-refractivity contribution is 0.147. The fraction of sp³-hybridized carbons (Fsp3) is 1.00. The van der Waals surface area contributed by atoms with Gasteiger partial charge in [0.2, 0.25) is 0 Å². The van der Waals surface area contributed by atoms with E-state index >= 15 is 0 Å². The predicted octanol–water partition coefficient (Wildman–Crippen LogP) is 1.73. The summed E-state index contributed by atoms with van der Waals surface area (Å²) in [4.78, 5) is 0. The lowest BCUT2D eigenvalue weighted by Crippen LogP contribution is -2.05. The molecule has 0 fully saturated rings. The lowest BCUT2D eigenvalue weighted by atomic mass is 10.1. The molecule has 3 heteroatoms. The van der Waals surface area contributed by atoms with Gasteiger partial charge in [-0.3, -0.25) is 0 Å². The Kier molecular flexibility index (Phi) is 12.8. The number of aliphatic hydroxyl groups is 2. The molecule has 0 aliphatic rings. The Morgan fingerprint density at radius 1 is 1.18 bits per heavy atom. The van der Waals surface area contributed by atoms with Crippen molar-refractivity contribution in [1.29, 1.82) is 0 Å². The zero-order valence-corrected chi connectivity index (χ0v) is 7.94. The van der Waals surface area contributed by atoms with Crippen LogP contribution in [0.2, 0.25) is 0 Å². The van der Waals surface area contributed by atoms with E-state index in [1.165, 1.54) is 0 Å². The van der Waals surface area contributed by atoms with Crippen molar-refractivity contribution in [2.75, 3.05) is 6.61 Å². The number of aliphatic hydroxyl groups excluding tert-OH is 2. The van der Waals surface area contributed by atoms with E-state index < -0.39 is 0 Å². The summed E-state index contributed by atoms with van der Waals surface area (Å²) in [5, 5.41) is 17.6. The Morgan fingerprint density at radius 2 is 1.82 bits per heavy atom. The zero-order valence-electron chi connectivity index (χ0n) is 7.12. The van der Waals surface area contributed by atoms with Crippen molar-refractivity contribution in [3.63, 3.8) is 0 Å². The van der Waals surface area contributed by atoms with Gasteiger partial charge in [0.05, 0.1) is 6.10 Å². The highest BCUT2D eigenvalue weighted by molar-refractivity contribution is 5.85. The maximum Gasteiger partial charge on any atom is 0.0540 e. The van der Waals surface area contributed by atoms with Crippen LogP contribution in [0, 0.1) is 0 Å². The van der Waals surface area contributed by atoms with Crippen LogP contribution in [-0.4, -0.2) is 22.9 Å². The largest absolute Gasteiger partial charge is 0.396 e. The van der Waals surface area contributed by atoms with Crippen molar-refractivity contribution >= 4 is 12.4 Å². The van der Waals surface area contributed by atoms with E-state index in [0.717, 1.165) is 32.1 Å². The van der Waals surface area contributed by atoms with Gasteiger partial charge in [0, 0.05) is 6.61 Å². The summed E-state index contributed by atoms with van der Waals surface area (Å²) < 4.78 is 0. The van der Waals surface area contributed by atoms with Gasteiger partial charge < -0.3 is 10.2 Å². The van der Waals surface area contributed by atoms with E-state index in [2.05, 4.69) is 6.92 Å².